The third-order valence-electron chi connectivity index (χ3n) is 21.2. The van der Waals surface area contributed by atoms with E-state index in [1.165, 1.54) is 79.0 Å². The van der Waals surface area contributed by atoms with E-state index in [0.29, 0.717) is 27.6 Å². The number of aliphatic carboxylic acids is 1. The molecule has 2 bridgehead atoms. The van der Waals surface area contributed by atoms with Crippen LogP contribution in [0.25, 0.3) is 10.9 Å². The fourth-order valence-corrected chi connectivity index (χ4v) is 14.8. The summed E-state index contributed by atoms with van der Waals surface area (Å²) in [6.45, 7) is -0.479. The van der Waals surface area contributed by atoms with Gasteiger partial charge in [0.25, 0.3) is 0 Å². The molecule has 22 N–H and O–H groups in total. The first-order valence-electron chi connectivity index (χ1n) is 41.2. The molecular weight excluding hydrogens is 1700 g/mol. The molecule has 0 unspecified atom stereocenters. The van der Waals surface area contributed by atoms with E-state index in [-0.39, 0.29) is 99.4 Å². The zero-order valence-electron chi connectivity index (χ0n) is 70.5. The molecule has 3 aliphatic rings. The smallest absolute Gasteiger partial charge is 0.326 e. The molecule has 14 atom stereocenters. The number of nitrogens with zero attached hydrogens (tertiary/aromatic N) is 1. The Morgan fingerprint density at radius 1 is 0.602 bits per heavy atom. The Kier molecular flexibility index (Phi) is 37.7. The van der Waals surface area contributed by atoms with Gasteiger partial charge >= 0.3 is 17.9 Å². The molecule has 1 aromatic heterocycles. The minimum absolute atomic E-state index is 0.0292. The number of aromatic amines is 1. The molecule has 4 aromatic carbocycles. The van der Waals surface area contributed by atoms with Crippen LogP contribution in [-0.4, -0.2) is 278 Å². The molecule has 690 valence electrons. The standard InChI is InChI=1S/C84H107N17O26S/c1-43-71(100-79(119)60(38-66(85)107)90-68(109)41-88-72(112)58(89-44(2)103)34-45-14-20-49(104)21-15-45)82(122)94-57(30-33-128-4)76(116)91-54-12-7-8-31-86-67(108)28-26-55(75(115)98-63(84(124)125)36-47-18-24-51(106)25-19-47)92-74(114)56(27-29-69(110)126-3)93-77(117)59(37-48-40-87-53-11-6-5-10-52(48)53)95-78(118)61(39-70(111)127-43)96-80(120)64(42-102)99-81(121)65-13-9-32-101(65)83(123)62(97-73(54)113)35-46-16-22-50(105)23-17-46/h5-6,10-11,14-25,40,43,54-65,71,87,102,104-106H,7-9,12-13,26-39,41-42H2,1-4H3,(H2,85,107)(H,86,108)(H,88,112)(H,89,103)(H,90,109)(H,91,116)(H,92,114)(H,93,117)(H,94,122)(H,95,118)(H,96,120)(H,97,113)(H,98,115)(H,99,121)(H,100,119)(H,124,125)/t43-,54+,55+,56-,57+,58+,59+,60+,61+,62+,63+,64+,65+,71+/m1/s1. The number of aliphatic hydroxyl groups is 1. The number of para-hydroxylation sites is 1. The summed E-state index contributed by atoms with van der Waals surface area (Å²) in [5, 5.41) is 86.4. The van der Waals surface area contributed by atoms with Crippen LogP contribution in [0.2, 0.25) is 0 Å². The number of amides is 16. The van der Waals surface area contributed by atoms with Gasteiger partial charge in [0.1, 0.15) is 102 Å². The third-order valence-corrected chi connectivity index (χ3v) is 21.8. The molecular formula is C84H107N17O26S. The van der Waals surface area contributed by atoms with Crippen molar-refractivity contribution in [2.75, 3.05) is 45.4 Å². The van der Waals surface area contributed by atoms with Crippen molar-refractivity contribution in [3.05, 3.63) is 126 Å². The monoisotopic (exact) mass is 1800 g/mol. The second-order valence-electron chi connectivity index (χ2n) is 30.9. The number of hydrogen-bond acceptors (Lipinski definition) is 26. The summed E-state index contributed by atoms with van der Waals surface area (Å²) in [5.74, 6) is -22.9. The van der Waals surface area contributed by atoms with E-state index >= 15 is 38.4 Å². The van der Waals surface area contributed by atoms with Gasteiger partial charge in [0.05, 0.1) is 33.1 Å². The highest BCUT2D eigenvalue weighted by Gasteiger charge is 2.44. The lowest BCUT2D eigenvalue weighted by Crippen LogP contribution is -2.62. The number of aliphatic hydroxyl groups excluding tert-OH is 1. The van der Waals surface area contributed by atoms with Gasteiger partial charge in [-0.3, -0.25) is 86.3 Å². The first-order chi connectivity index (χ1) is 61.0. The van der Waals surface area contributed by atoms with Crippen LogP contribution >= 0.6 is 11.8 Å². The van der Waals surface area contributed by atoms with Crippen LogP contribution in [-0.2, 0) is 126 Å². The van der Waals surface area contributed by atoms with Crippen molar-refractivity contribution in [2.45, 2.75) is 201 Å². The number of nitrogens with two attached hydrogens (primary N) is 1. The molecule has 3 saturated heterocycles. The van der Waals surface area contributed by atoms with Crippen molar-refractivity contribution in [3.8, 4) is 17.2 Å². The molecule has 0 saturated carbocycles. The molecule has 44 heteroatoms. The maximum atomic E-state index is 15.6. The van der Waals surface area contributed by atoms with E-state index in [9.17, 15) is 78.3 Å². The number of thioether (sulfide) groups is 1. The number of aromatic hydroxyl groups is 3. The van der Waals surface area contributed by atoms with Crippen LogP contribution < -0.4 is 80.2 Å². The number of methoxy groups -OCH3 is 1. The Morgan fingerprint density at radius 3 is 1.81 bits per heavy atom. The molecule has 0 radical (unpaired) electrons. The minimum Gasteiger partial charge on any atom is -0.508 e. The first-order valence-corrected chi connectivity index (χ1v) is 42.6. The number of ether oxygens (including phenoxy) is 2. The van der Waals surface area contributed by atoms with Crippen LogP contribution in [0.5, 0.6) is 17.2 Å². The van der Waals surface area contributed by atoms with E-state index < -0.39 is 255 Å². The molecule has 4 heterocycles. The predicted octanol–water partition coefficient (Wildman–Crippen LogP) is -4.43. The van der Waals surface area contributed by atoms with Crippen LogP contribution in [0, 0.1) is 0 Å². The van der Waals surface area contributed by atoms with Crippen molar-refractivity contribution in [3.63, 3.8) is 0 Å². The molecule has 3 aliphatic heterocycles. The molecule has 5 aromatic rings. The lowest BCUT2D eigenvalue weighted by atomic mass is 10.0. The molecule has 16 amide bonds. The number of carboxylic acid groups (broad SMARTS) is 1. The molecule has 128 heavy (non-hydrogen) atoms. The van der Waals surface area contributed by atoms with Gasteiger partial charge in [0.15, 0.2) is 0 Å². The second kappa shape index (κ2) is 48.5. The predicted molar refractivity (Wildman–Crippen MR) is 453 cm³/mol. The number of phenols is 3. The number of carbonyl (C=O) groups excluding carboxylic acids is 18. The Morgan fingerprint density at radius 2 is 1.18 bits per heavy atom. The lowest BCUT2D eigenvalue weighted by Gasteiger charge is -2.31. The van der Waals surface area contributed by atoms with Crippen molar-refractivity contribution in [1.29, 1.82) is 0 Å². The van der Waals surface area contributed by atoms with Gasteiger partial charge < -0.3 is 125 Å². The topological polar surface area (TPSA) is 657 Å². The number of benzene rings is 4. The number of aromatic nitrogens is 1. The summed E-state index contributed by atoms with van der Waals surface area (Å²) in [7, 11) is 1.01. The van der Waals surface area contributed by atoms with Crippen LogP contribution in [0.15, 0.2) is 103 Å². The molecule has 0 spiro atoms. The molecule has 3 fully saturated rings. The number of carboxylic acids is 1. The number of nitrogens with one attached hydrogen (secondary N) is 15. The summed E-state index contributed by atoms with van der Waals surface area (Å²) in [6, 6.07) is -1.34. The Balaban J connectivity index is 1.26. The highest BCUT2D eigenvalue weighted by molar-refractivity contribution is 7.98. The highest BCUT2D eigenvalue weighted by atomic mass is 32.2. The van der Waals surface area contributed by atoms with Crippen molar-refractivity contribution in [2.24, 2.45) is 5.73 Å². The summed E-state index contributed by atoms with van der Waals surface area (Å²) in [4.78, 5) is 278. The Labute approximate surface area is 737 Å². The SMILES string of the molecule is COC(=O)CC[C@H]1NC(=O)[C@H](Cc2c[nH]c3ccccc23)NC(=O)[C@@H]2CC(=O)O[C@H](C)[C@H](NC(=O)[C@H](CC(N)=O)NC(=O)CNC(=O)[C@H](Cc3ccc(O)cc3)NC(C)=O)C(=O)N[C@@H](CCSC)C(=O)N[C@@H](CCCCNC(=O)CC[C@@H](C(=O)N[C@@H](Cc3ccc(O)cc3)C(=O)O)NC1=O)C(=O)N[C@@H](Cc1ccc(O)cc1)C(=O)N1CCC[C@H]1C(=O)N[C@@H](CO)C(=O)N2. The maximum absolute atomic E-state index is 15.6. The first kappa shape index (κ1) is 99.5. The van der Waals surface area contributed by atoms with Gasteiger partial charge in [0.2, 0.25) is 94.5 Å². The fourth-order valence-electron chi connectivity index (χ4n) is 14.4. The van der Waals surface area contributed by atoms with E-state index in [2.05, 4.69) is 79.4 Å². The quantitative estimate of drug-likeness (QED) is 0.0221. The second-order valence-corrected chi connectivity index (χ2v) is 31.8. The number of primary amides is 1. The number of phenolic OH excluding ortho intramolecular Hbond substituents is 3. The Bertz CT molecular complexity index is 4860. The number of hydrogen-bond donors (Lipinski definition) is 21. The van der Waals surface area contributed by atoms with Gasteiger partial charge in [0, 0.05) is 75.6 Å². The van der Waals surface area contributed by atoms with Crippen LogP contribution in [0.4, 0.5) is 0 Å². The lowest BCUT2D eigenvalue weighted by molar-refractivity contribution is -0.154. The van der Waals surface area contributed by atoms with Crippen LogP contribution in [0.3, 0.4) is 0 Å². The maximum Gasteiger partial charge on any atom is 0.326 e. The van der Waals surface area contributed by atoms with E-state index in [1.807, 2.05) is 0 Å². The van der Waals surface area contributed by atoms with Gasteiger partial charge in [-0.1, -0.05) is 54.6 Å². The molecule has 0 aliphatic carbocycles. The fraction of sp³-hybridized carbons (Fsp3) is 0.464. The summed E-state index contributed by atoms with van der Waals surface area (Å²) in [5.41, 5.74) is 7.49. The number of carbonyl (C=O) groups is 19. The van der Waals surface area contributed by atoms with Gasteiger partial charge in [-0.2, -0.15) is 11.8 Å². The average Bonchev–Trinajstić information content (AvgIpc) is 1.61. The zero-order valence-corrected chi connectivity index (χ0v) is 71.3. The summed E-state index contributed by atoms with van der Waals surface area (Å²) in [6.07, 6.45) is -6.09. The van der Waals surface area contributed by atoms with Crippen molar-refractivity contribution < 1.29 is 126 Å². The van der Waals surface area contributed by atoms with E-state index in [1.54, 1.807) is 30.5 Å². The van der Waals surface area contributed by atoms with Gasteiger partial charge in [-0.25, -0.2) is 4.79 Å². The highest BCUT2D eigenvalue weighted by Crippen LogP contribution is 2.25. The van der Waals surface area contributed by atoms with E-state index in [0.717, 1.165) is 37.6 Å². The Hall–Kier alpha value is -13.9. The number of H-pyrrole nitrogens is 1. The molecule has 8 rings (SSSR count). The number of rotatable bonds is 27. The van der Waals surface area contributed by atoms with Crippen molar-refractivity contribution in [1.82, 2.24) is 84.3 Å². The van der Waals surface area contributed by atoms with Gasteiger partial charge in [-0.15, -0.1) is 0 Å². The minimum atomic E-state index is -2.36. The van der Waals surface area contributed by atoms with Crippen molar-refractivity contribution >= 4 is 135 Å². The van der Waals surface area contributed by atoms with E-state index in [4.69, 9.17) is 15.2 Å². The van der Waals surface area contributed by atoms with Crippen LogP contribution in [0.1, 0.15) is 113 Å². The number of fused-ring (bicyclic) bond motifs is 13. The largest absolute Gasteiger partial charge is 0.508 e. The normalized spacial score (nSPS) is 22.6. The number of esters is 2. The zero-order chi connectivity index (χ0) is 93.4. The summed E-state index contributed by atoms with van der Waals surface area (Å²) >= 11 is 1.16. The average molecular weight is 1800 g/mol. The summed E-state index contributed by atoms with van der Waals surface area (Å²) < 4.78 is 10.7. The van der Waals surface area contributed by atoms with Gasteiger partial charge in [-0.05, 0) is 135 Å². The molecule has 43 nitrogen and oxygen atoms in total. The third kappa shape index (κ3) is 30.4.